The van der Waals surface area contributed by atoms with Gasteiger partial charge in [0.25, 0.3) is 0 Å². The maximum absolute atomic E-state index is 11.5. The first kappa shape index (κ1) is 10.9. The molecule has 7 heteroatoms. The van der Waals surface area contributed by atoms with Crippen molar-refractivity contribution in [3.05, 3.63) is 5.89 Å². The van der Waals surface area contributed by atoms with Crippen LogP contribution in [0.2, 0.25) is 0 Å². The summed E-state index contributed by atoms with van der Waals surface area (Å²) in [5.41, 5.74) is 5.62. The van der Waals surface area contributed by atoms with Gasteiger partial charge in [-0.3, -0.25) is 4.79 Å². The van der Waals surface area contributed by atoms with E-state index in [0.717, 1.165) is 0 Å². The summed E-state index contributed by atoms with van der Waals surface area (Å²) in [4.78, 5) is 13.2. The number of carbonyl (C=O) groups excluding carboxylic acids is 1. The number of amides is 1. The summed E-state index contributed by atoms with van der Waals surface area (Å²) in [6, 6.07) is -0.236. The van der Waals surface area contributed by atoms with Crippen molar-refractivity contribution in [2.24, 2.45) is 5.73 Å². The third-order valence-corrected chi connectivity index (χ3v) is 2.56. The van der Waals surface area contributed by atoms with Crippen molar-refractivity contribution in [2.75, 3.05) is 18.0 Å². The van der Waals surface area contributed by atoms with Crippen molar-refractivity contribution < 1.29 is 9.21 Å². The van der Waals surface area contributed by atoms with E-state index in [-0.39, 0.29) is 18.0 Å². The van der Waals surface area contributed by atoms with Gasteiger partial charge in [0.1, 0.15) is 6.04 Å². The van der Waals surface area contributed by atoms with Crippen molar-refractivity contribution in [1.29, 1.82) is 0 Å². The van der Waals surface area contributed by atoms with Gasteiger partial charge in [-0.1, -0.05) is 5.10 Å². The number of hydrogen-bond acceptors (Lipinski definition) is 6. The molecule has 1 aromatic rings. The van der Waals surface area contributed by atoms with Crippen LogP contribution in [0.3, 0.4) is 0 Å². The molecule has 1 saturated heterocycles. The van der Waals surface area contributed by atoms with Gasteiger partial charge in [-0.05, 0) is 13.8 Å². The second-order valence-corrected chi connectivity index (χ2v) is 3.87. The van der Waals surface area contributed by atoms with E-state index in [0.29, 0.717) is 25.0 Å². The summed E-state index contributed by atoms with van der Waals surface area (Å²) in [6.45, 7) is 4.81. The second kappa shape index (κ2) is 4.09. The third-order valence-electron chi connectivity index (χ3n) is 2.56. The van der Waals surface area contributed by atoms with Crippen LogP contribution in [0.1, 0.15) is 25.8 Å². The molecule has 1 aliphatic rings. The van der Waals surface area contributed by atoms with Crippen LogP contribution in [-0.4, -0.2) is 35.2 Å². The SMILES string of the molecule is CC(N)c1nnc(N2CCNC(=O)C2C)o1. The first-order chi connectivity index (χ1) is 7.59. The lowest BCUT2D eigenvalue weighted by Gasteiger charge is -2.30. The van der Waals surface area contributed by atoms with Crippen LogP contribution in [0.5, 0.6) is 0 Å². The Hall–Kier alpha value is -1.63. The quantitative estimate of drug-likeness (QED) is 0.698. The molecule has 0 spiro atoms. The highest BCUT2D eigenvalue weighted by Gasteiger charge is 2.29. The molecule has 0 aliphatic carbocycles. The molecule has 7 nitrogen and oxygen atoms in total. The maximum atomic E-state index is 11.5. The summed E-state index contributed by atoms with van der Waals surface area (Å²) in [5.74, 6) is 0.347. The predicted octanol–water partition coefficient (Wildman–Crippen LogP) is -0.586. The average Bonchev–Trinajstić information content (AvgIpc) is 2.71. The lowest BCUT2D eigenvalue weighted by atomic mass is 10.2. The minimum absolute atomic E-state index is 0.0354. The molecule has 0 radical (unpaired) electrons. The normalized spacial score (nSPS) is 23.1. The Balaban J connectivity index is 2.19. The number of aromatic nitrogens is 2. The van der Waals surface area contributed by atoms with Crippen LogP contribution in [-0.2, 0) is 4.79 Å². The number of piperazine rings is 1. The van der Waals surface area contributed by atoms with Crippen LogP contribution in [0.4, 0.5) is 6.01 Å². The molecule has 1 aromatic heterocycles. The Morgan fingerprint density at radius 3 is 3.00 bits per heavy atom. The molecule has 1 fully saturated rings. The number of nitrogens with one attached hydrogen (secondary N) is 1. The fraction of sp³-hybridized carbons (Fsp3) is 0.667. The van der Waals surface area contributed by atoms with Crippen LogP contribution in [0.15, 0.2) is 4.42 Å². The highest BCUT2D eigenvalue weighted by atomic mass is 16.4. The number of nitrogens with two attached hydrogens (primary N) is 1. The van der Waals surface area contributed by atoms with E-state index >= 15 is 0 Å². The average molecular weight is 225 g/mol. The zero-order chi connectivity index (χ0) is 11.7. The minimum Gasteiger partial charge on any atom is -0.406 e. The largest absolute Gasteiger partial charge is 0.406 e. The van der Waals surface area contributed by atoms with Crippen LogP contribution < -0.4 is 16.0 Å². The molecule has 0 saturated carbocycles. The summed E-state index contributed by atoms with van der Waals surface area (Å²) in [6.07, 6.45) is 0. The highest BCUT2D eigenvalue weighted by Crippen LogP contribution is 2.19. The monoisotopic (exact) mass is 225 g/mol. The highest BCUT2D eigenvalue weighted by molar-refractivity contribution is 5.85. The summed E-state index contributed by atoms with van der Waals surface area (Å²) in [5, 5.41) is 10.5. The lowest BCUT2D eigenvalue weighted by Crippen LogP contribution is -2.54. The predicted molar refractivity (Wildman–Crippen MR) is 56.7 cm³/mol. The van der Waals surface area contributed by atoms with Crippen LogP contribution >= 0.6 is 0 Å². The Kier molecular flexibility index (Phi) is 2.78. The number of rotatable bonds is 2. The molecule has 1 amide bonds. The van der Waals surface area contributed by atoms with Crippen molar-refractivity contribution in [3.63, 3.8) is 0 Å². The van der Waals surface area contributed by atoms with Gasteiger partial charge < -0.3 is 20.4 Å². The zero-order valence-electron chi connectivity index (χ0n) is 9.30. The molecule has 2 heterocycles. The topological polar surface area (TPSA) is 97.3 Å². The minimum atomic E-state index is -0.296. The van der Waals surface area contributed by atoms with E-state index in [4.69, 9.17) is 10.2 Å². The van der Waals surface area contributed by atoms with Crippen LogP contribution in [0, 0.1) is 0 Å². The number of anilines is 1. The Bertz CT molecular complexity index is 389. The molecule has 1 aliphatic heterocycles. The standard InChI is InChI=1S/C9H15N5O2/c1-5(10)8-12-13-9(16-8)14-4-3-11-7(15)6(14)2/h5-6H,3-4,10H2,1-2H3,(H,11,15). The Morgan fingerprint density at radius 1 is 1.62 bits per heavy atom. The van der Waals surface area contributed by atoms with Gasteiger partial charge in [0.15, 0.2) is 0 Å². The van der Waals surface area contributed by atoms with E-state index in [2.05, 4.69) is 15.5 Å². The molecule has 2 atom stereocenters. The summed E-state index contributed by atoms with van der Waals surface area (Å²) >= 11 is 0. The van der Waals surface area contributed by atoms with E-state index in [1.165, 1.54) is 0 Å². The lowest BCUT2D eigenvalue weighted by molar-refractivity contribution is -0.123. The van der Waals surface area contributed by atoms with Crippen molar-refractivity contribution >= 4 is 11.9 Å². The smallest absolute Gasteiger partial charge is 0.318 e. The summed E-state index contributed by atoms with van der Waals surface area (Å²) in [7, 11) is 0. The number of hydrogen-bond donors (Lipinski definition) is 2. The van der Waals surface area contributed by atoms with Gasteiger partial charge in [0.05, 0.1) is 6.04 Å². The molecular formula is C9H15N5O2. The molecule has 16 heavy (non-hydrogen) atoms. The van der Waals surface area contributed by atoms with E-state index in [9.17, 15) is 4.79 Å². The van der Waals surface area contributed by atoms with Gasteiger partial charge >= 0.3 is 6.01 Å². The first-order valence-electron chi connectivity index (χ1n) is 5.23. The second-order valence-electron chi connectivity index (χ2n) is 3.87. The van der Waals surface area contributed by atoms with Gasteiger partial charge in [-0.15, -0.1) is 5.10 Å². The Labute approximate surface area is 93.0 Å². The van der Waals surface area contributed by atoms with Crippen LogP contribution in [0.25, 0.3) is 0 Å². The van der Waals surface area contributed by atoms with Gasteiger partial charge in [-0.2, -0.15) is 0 Å². The van der Waals surface area contributed by atoms with Crippen molar-refractivity contribution in [3.8, 4) is 0 Å². The molecule has 3 N–H and O–H groups in total. The Morgan fingerprint density at radius 2 is 2.38 bits per heavy atom. The summed E-state index contributed by atoms with van der Waals surface area (Å²) < 4.78 is 5.40. The maximum Gasteiger partial charge on any atom is 0.318 e. The van der Waals surface area contributed by atoms with E-state index in [1.54, 1.807) is 18.7 Å². The fourth-order valence-electron chi connectivity index (χ4n) is 1.57. The zero-order valence-corrected chi connectivity index (χ0v) is 9.30. The third kappa shape index (κ3) is 1.85. The molecule has 2 unspecified atom stereocenters. The molecule has 0 bridgehead atoms. The van der Waals surface area contributed by atoms with Gasteiger partial charge in [0, 0.05) is 13.1 Å². The number of nitrogens with zero attached hydrogens (tertiary/aromatic N) is 3. The molecule has 2 rings (SSSR count). The first-order valence-corrected chi connectivity index (χ1v) is 5.23. The van der Waals surface area contributed by atoms with Crippen molar-refractivity contribution in [2.45, 2.75) is 25.9 Å². The van der Waals surface area contributed by atoms with Gasteiger partial charge in [-0.25, -0.2) is 0 Å². The molecular weight excluding hydrogens is 210 g/mol. The van der Waals surface area contributed by atoms with Gasteiger partial charge in [0.2, 0.25) is 11.8 Å². The number of carbonyl (C=O) groups is 1. The molecule has 88 valence electrons. The van der Waals surface area contributed by atoms with E-state index in [1.807, 2.05) is 0 Å². The fourth-order valence-corrected chi connectivity index (χ4v) is 1.57. The van der Waals surface area contributed by atoms with E-state index < -0.39 is 0 Å². The molecule has 0 aromatic carbocycles. The van der Waals surface area contributed by atoms with Crippen molar-refractivity contribution in [1.82, 2.24) is 15.5 Å².